The minimum absolute atomic E-state index is 0.207. The number of fused-ring (bicyclic) bond motifs is 1. The van der Waals surface area contributed by atoms with Crippen LogP contribution in [0.1, 0.15) is 39.9 Å². The fourth-order valence-corrected chi connectivity index (χ4v) is 4.98. The summed E-state index contributed by atoms with van der Waals surface area (Å²) in [5.41, 5.74) is 5.03. The molecule has 0 bridgehead atoms. The Balaban J connectivity index is 1.65. The van der Waals surface area contributed by atoms with Gasteiger partial charge in [-0.25, -0.2) is 0 Å². The van der Waals surface area contributed by atoms with Gasteiger partial charge >= 0.3 is 0 Å². The Morgan fingerprint density at radius 2 is 1.97 bits per heavy atom. The van der Waals surface area contributed by atoms with E-state index in [-0.39, 0.29) is 16.1 Å². The van der Waals surface area contributed by atoms with Crippen LogP contribution in [0, 0.1) is 20.8 Å². The zero-order valence-electron chi connectivity index (χ0n) is 20.2. The number of aromatic nitrogens is 3. The number of carbonyl (C=O) groups excluding carboxylic acids is 1. The van der Waals surface area contributed by atoms with Gasteiger partial charge in [-0.2, -0.15) is 8.75 Å². The van der Waals surface area contributed by atoms with Gasteiger partial charge in [0.25, 0.3) is 11.5 Å². The third-order valence-electron chi connectivity index (χ3n) is 6.76. The molecule has 1 aliphatic heterocycles. The third-order valence-corrected chi connectivity index (χ3v) is 7.55. The molecule has 1 saturated heterocycles. The van der Waals surface area contributed by atoms with Crippen LogP contribution in [0.15, 0.2) is 35.3 Å². The van der Waals surface area contributed by atoms with Gasteiger partial charge in [-0.3, -0.25) is 9.59 Å². The number of amides is 1. The number of nitrogens with zero attached hydrogens (tertiary/aromatic N) is 2. The van der Waals surface area contributed by atoms with Crippen LogP contribution in [-0.4, -0.2) is 38.8 Å². The lowest BCUT2D eigenvalue weighted by Crippen LogP contribution is -2.43. The van der Waals surface area contributed by atoms with E-state index in [0.29, 0.717) is 40.7 Å². The Morgan fingerprint density at radius 3 is 2.61 bits per heavy atom. The third kappa shape index (κ3) is 4.74. The first-order valence-electron chi connectivity index (χ1n) is 11.7. The Labute approximate surface area is 217 Å². The molecule has 5 rings (SSSR count). The number of hydrogen-bond donors (Lipinski definition) is 3. The number of nitrogens with one attached hydrogen (secondary N) is 3. The maximum absolute atomic E-state index is 13.4. The number of ether oxygens (including phenoxy) is 1. The summed E-state index contributed by atoms with van der Waals surface area (Å²) in [6.45, 7) is 7.56. The molecule has 1 fully saturated rings. The van der Waals surface area contributed by atoms with Crippen molar-refractivity contribution in [2.45, 2.75) is 39.7 Å². The molecule has 1 aliphatic rings. The van der Waals surface area contributed by atoms with Crippen LogP contribution in [0.3, 0.4) is 0 Å². The molecule has 0 saturated carbocycles. The van der Waals surface area contributed by atoms with Crippen molar-refractivity contribution in [1.29, 1.82) is 0 Å². The number of H-pyrrole nitrogens is 1. The van der Waals surface area contributed by atoms with Crippen LogP contribution in [-0.2, 0) is 0 Å². The van der Waals surface area contributed by atoms with Gasteiger partial charge in [0.2, 0.25) is 0 Å². The molecule has 3 heterocycles. The van der Waals surface area contributed by atoms with Gasteiger partial charge in [0.15, 0.2) is 5.82 Å². The van der Waals surface area contributed by atoms with E-state index < -0.39 is 5.91 Å². The predicted molar refractivity (Wildman–Crippen MR) is 144 cm³/mol. The molecule has 2 aromatic carbocycles. The van der Waals surface area contributed by atoms with Crippen LogP contribution in [0.2, 0.25) is 5.02 Å². The number of benzene rings is 2. The second kappa shape index (κ2) is 10.0. The molecule has 36 heavy (non-hydrogen) atoms. The summed E-state index contributed by atoms with van der Waals surface area (Å²) in [5, 5.41) is 6.89. The number of hydrogen-bond acceptors (Lipinski definition) is 7. The predicted octanol–water partition coefficient (Wildman–Crippen LogP) is 5.01. The number of carbonyl (C=O) groups is 1. The molecule has 0 radical (unpaired) electrons. The van der Waals surface area contributed by atoms with Crippen molar-refractivity contribution >= 4 is 46.0 Å². The highest BCUT2D eigenvalue weighted by Crippen LogP contribution is 2.37. The first kappa shape index (κ1) is 24.4. The molecule has 3 N–H and O–H groups in total. The van der Waals surface area contributed by atoms with Crippen molar-refractivity contribution in [3.05, 3.63) is 68.1 Å². The van der Waals surface area contributed by atoms with Crippen molar-refractivity contribution < 1.29 is 9.53 Å². The highest BCUT2D eigenvalue weighted by atomic mass is 35.5. The number of halogens is 1. The Bertz CT molecular complexity index is 1490. The summed E-state index contributed by atoms with van der Waals surface area (Å²) >= 11 is 7.46. The molecular formula is C26H26ClN5O3S. The second-order valence-corrected chi connectivity index (χ2v) is 10.1. The van der Waals surface area contributed by atoms with Gasteiger partial charge < -0.3 is 20.4 Å². The molecule has 186 valence electrons. The van der Waals surface area contributed by atoms with E-state index in [1.165, 1.54) is 11.8 Å². The molecule has 0 aliphatic carbocycles. The second-order valence-electron chi connectivity index (χ2n) is 9.09. The summed E-state index contributed by atoms with van der Waals surface area (Å²) in [6.07, 6.45) is 3.39. The molecule has 0 spiro atoms. The van der Waals surface area contributed by atoms with Crippen molar-refractivity contribution in [3.63, 3.8) is 0 Å². The monoisotopic (exact) mass is 525 g/mol. The van der Waals surface area contributed by atoms with Gasteiger partial charge in [-0.15, -0.1) is 0 Å². The zero-order chi connectivity index (χ0) is 25.4. The van der Waals surface area contributed by atoms with Crippen LogP contribution in [0.5, 0.6) is 5.75 Å². The number of pyridine rings is 1. The lowest BCUT2D eigenvalue weighted by atomic mass is 9.95. The number of anilines is 1. The maximum atomic E-state index is 13.4. The summed E-state index contributed by atoms with van der Waals surface area (Å²) in [7, 11) is 0. The molecule has 1 amide bonds. The van der Waals surface area contributed by atoms with Gasteiger partial charge in [-0.1, -0.05) is 23.7 Å². The number of rotatable bonds is 7. The smallest absolute Gasteiger partial charge is 0.260 e. The highest BCUT2D eigenvalue weighted by molar-refractivity contribution is 6.99. The Hall–Kier alpha value is -3.27. The normalized spacial score (nSPS) is 15.1. The molecule has 2 aromatic heterocycles. The largest absolute Gasteiger partial charge is 0.492 e. The fourth-order valence-electron chi connectivity index (χ4n) is 4.35. The van der Waals surface area contributed by atoms with Crippen LogP contribution in [0.4, 0.5) is 5.82 Å². The number of aromatic amines is 1. The SMILES string of the molecule is Cc1cc(-c2c(OCC[C@@H]3CCN3)c3cc([14C](=O)Nc4cnsn4)c(Cl)cc3[nH]c2=O)cc(C)c1C. The van der Waals surface area contributed by atoms with Gasteiger partial charge in [-0.05, 0) is 74.5 Å². The van der Waals surface area contributed by atoms with Gasteiger partial charge in [0.05, 0.1) is 46.2 Å². The average Bonchev–Trinajstić information content (AvgIpc) is 3.31. The minimum atomic E-state index is -0.422. The quantitative estimate of drug-likeness (QED) is 0.313. The maximum Gasteiger partial charge on any atom is 0.260 e. The van der Waals surface area contributed by atoms with Crippen molar-refractivity contribution in [2.24, 2.45) is 0 Å². The minimum Gasteiger partial charge on any atom is -0.492 e. The van der Waals surface area contributed by atoms with E-state index >= 15 is 0 Å². The lowest BCUT2D eigenvalue weighted by molar-refractivity contribution is 0.102. The molecule has 10 heteroatoms. The van der Waals surface area contributed by atoms with E-state index in [1.807, 2.05) is 26.0 Å². The molecule has 0 unspecified atom stereocenters. The van der Waals surface area contributed by atoms with E-state index in [2.05, 4.69) is 31.3 Å². The van der Waals surface area contributed by atoms with Crippen molar-refractivity contribution in [2.75, 3.05) is 18.5 Å². The average molecular weight is 526 g/mol. The highest BCUT2D eigenvalue weighted by Gasteiger charge is 2.22. The van der Waals surface area contributed by atoms with Crippen LogP contribution in [0.25, 0.3) is 22.0 Å². The fraction of sp³-hybridized carbons (Fsp3) is 0.308. The molecule has 8 nitrogen and oxygen atoms in total. The van der Waals surface area contributed by atoms with Crippen molar-refractivity contribution in [1.82, 2.24) is 19.0 Å². The van der Waals surface area contributed by atoms with E-state index in [9.17, 15) is 9.59 Å². The summed E-state index contributed by atoms with van der Waals surface area (Å²) in [5.74, 6) is 0.365. The summed E-state index contributed by atoms with van der Waals surface area (Å²) < 4.78 is 14.3. The Morgan fingerprint density at radius 1 is 1.22 bits per heavy atom. The standard InChI is InChI=1S/C26H26ClN5O3S/c1-13-8-16(9-14(2)15(13)3)23-24(35-7-5-17-4-6-28-17)19-10-18(20(27)11-21(19)30-26(23)34)25(33)31-22-12-29-36-32-22/h8-12,17,28H,4-7H2,1-3H3,(H,30,34)(H,31,32,33)/t17-/m0/s1/i25+2. The van der Waals surface area contributed by atoms with Crippen LogP contribution < -0.4 is 20.9 Å². The first-order chi connectivity index (χ1) is 17.3. The summed E-state index contributed by atoms with van der Waals surface area (Å²) in [6, 6.07) is 7.66. The van der Waals surface area contributed by atoms with Gasteiger partial charge in [0.1, 0.15) is 5.75 Å². The number of aryl methyl sites for hydroxylation is 2. The lowest BCUT2D eigenvalue weighted by Gasteiger charge is -2.27. The molecular weight excluding hydrogens is 500 g/mol. The molecule has 1 atom stereocenters. The van der Waals surface area contributed by atoms with E-state index in [0.717, 1.165) is 47.8 Å². The summed E-state index contributed by atoms with van der Waals surface area (Å²) in [4.78, 5) is 29.3. The van der Waals surface area contributed by atoms with Gasteiger partial charge in [0, 0.05) is 11.4 Å². The first-order valence-corrected chi connectivity index (χ1v) is 12.9. The topological polar surface area (TPSA) is 109 Å². The zero-order valence-corrected chi connectivity index (χ0v) is 21.8. The van der Waals surface area contributed by atoms with Crippen LogP contribution >= 0.6 is 23.3 Å². The van der Waals surface area contributed by atoms with E-state index in [1.54, 1.807) is 12.1 Å². The Kier molecular flexibility index (Phi) is 6.79. The molecule has 4 aromatic rings. The van der Waals surface area contributed by atoms with E-state index in [4.69, 9.17) is 16.3 Å². The van der Waals surface area contributed by atoms with Crippen molar-refractivity contribution in [3.8, 4) is 16.9 Å².